The number of halogens is 3. The van der Waals surface area contributed by atoms with Crippen LogP contribution in [0, 0.1) is 5.41 Å². The number of rotatable bonds is 8. The molecule has 1 aliphatic carbocycles. The highest BCUT2D eigenvalue weighted by Gasteiger charge is 2.38. The number of nitrogens with one attached hydrogen (secondary N) is 2. The Bertz CT molecular complexity index is 1520. The smallest absolute Gasteiger partial charge is 0.416 e. The summed E-state index contributed by atoms with van der Waals surface area (Å²) in [5, 5.41) is 15.3. The van der Waals surface area contributed by atoms with E-state index < -0.39 is 29.7 Å². The van der Waals surface area contributed by atoms with Crippen LogP contribution in [0.5, 0.6) is 5.75 Å². The molecule has 212 valence electrons. The van der Waals surface area contributed by atoms with Crippen molar-refractivity contribution in [2.24, 2.45) is 5.41 Å². The predicted molar refractivity (Wildman–Crippen MR) is 150 cm³/mol. The summed E-state index contributed by atoms with van der Waals surface area (Å²) in [4.78, 5) is 24.5. The summed E-state index contributed by atoms with van der Waals surface area (Å²) >= 11 is 0. The number of benzene rings is 3. The van der Waals surface area contributed by atoms with Gasteiger partial charge in [0.15, 0.2) is 0 Å². The van der Waals surface area contributed by atoms with Crippen LogP contribution in [0.2, 0.25) is 0 Å². The number of anilines is 2. The first-order chi connectivity index (χ1) is 19.5. The van der Waals surface area contributed by atoms with Gasteiger partial charge >= 0.3 is 6.18 Å². The lowest BCUT2D eigenvalue weighted by Crippen LogP contribution is -2.34. The van der Waals surface area contributed by atoms with Crippen molar-refractivity contribution in [2.75, 3.05) is 17.2 Å². The van der Waals surface area contributed by atoms with Gasteiger partial charge in [-0.15, -0.1) is 0 Å². The highest BCUT2D eigenvalue weighted by Crippen LogP contribution is 2.45. The van der Waals surface area contributed by atoms with Crippen LogP contribution >= 0.6 is 0 Å². The zero-order chi connectivity index (χ0) is 29.2. The normalized spacial score (nSPS) is 18.0. The van der Waals surface area contributed by atoms with E-state index in [0.717, 1.165) is 30.5 Å². The molecule has 1 heterocycles. The Balaban J connectivity index is 1.39. The summed E-state index contributed by atoms with van der Waals surface area (Å²) in [6.07, 6.45) is 1.10. The average Bonchev–Trinajstić information content (AvgIpc) is 3.68. The molecular formula is C32H29F3N2O4. The number of ether oxygens (including phenoxy) is 1. The van der Waals surface area contributed by atoms with Gasteiger partial charge in [-0.05, 0) is 65.9 Å². The second-order valence-electron chi connectivity index (χ2n) is 10.7. The van der Waals surface area contributed by atoms with Gasteiger partial charge in [-0.25, -0.2) is 0 Å². The number of fused-ring (bicyclic) bond motifs is 1. The lowest BCUT2D eigenvalue weighted by Gasteiger charge is -2.23. The summed E-state index contributed by atoms with van der Waals surface area (Å²) in [5.41, 5.74) is 2.87. The maximum atomic E-state index is 13.2. The fraction of sp³-hybridized carbons (Fsp3) is 0.250. The Morgan fingerprint density at radius 3 is 2.54 bits per heavy atom. The zero-order valence-electron chi connectivity index (χ0n) is 22.3. The van der Waals surface area contributed by atoms with E-state index in [9.17, 15) is 27.9 Å². The van der Waals surface area contributed by atoms with E-state index in [-0.39, 0.29) is 11.8 Å². The standard InChI is InChI=1S/C32H29F3N2O4/c1-31(15-16-31)19-41-23-6-2-5-21(17-23)24(20-11-13-22(14-12-20)32(33,34)35)7-3-10-29(39)36-26-8-4-9-27-25(26)18-28(38)30(40)37-27/h2-14,17,28,38H,15-16,18-19H2,1H3,(H,36,39)(H,37,40)/b10-3+,24-7-. The lowest BCUT2D eigenvalue weighted by atomic mass is 9.96. The summed E-state index contributed by atoms with van der Waals surface area (Å²) < 4.78 is 45.5. The first-order valence-electron chi connectivity index (χ1n) is 13.2. The van der Waals surface area contributed by atoms with Crippen molar-refractivity contribution < 1.29 is 32.6 Å². The molecule has 1 atom stereocenters. The van der Waals surface area contributed by atoms with Crippen molar-refractivity contribution in [2.45, 2.75) is 38.5 Å². The van der Waals surface area contributed by atoms with Crippen molar-refractivity contribution in [1.82, 2.24) is 0 Å². The zero-order valence-corrected chi connectivity index (χ0v) is 22.3. The van der Waals surface area contributed by atoms with Crippen LogP contribution < -0.4 is 15.4 Å². The fourth-order valence-electron chi connectivity index (χ4n) is 4.52. The van der Waals surface area contributed by atoms with Crippen LogP contribution in [0.25, 0.3) is 5.57 Å². The number of aliphatic hydroxyl groups excluding tert-OH is 1. The predicted octanol–water partition coefficient (Wildman–Crippen LogP) is 6.37. The molecule has 6 nitrogen and oxygen atoms in total. The van der Waals surface area contributed by atoms with Crippen LogP contribution in [0.4, 0.5) is 24.5 Å². The monoisotopic (exact) mass is 562 g/mol. The van der Waals surface area contributed by atoms with E-state index in [0.29, 0.717) is 40.4 Å². The summed E-state index contributed by atoms with van der Waals surface area (Å²) in [7, 11) is 0. The molecule has 3 N–H and O–H groups in total. The van der Waals surface area contributed by atoms with E-state index in [1.165, 1.54) is 24.3 Å². The maximum Gasteiger partial charge on any atom is 0.416 e. The Kier molecular flexibility index (Phi) is 7.73. The molecular weight excluding hydrogens is 533 g/mol. The van der Waals surface area contributed by atoms with Crippen LogP contribution in [-0.4, -0.2) is 29.6 Å². The van der Waals surface area contributed by atoms with E-state index in [1.807, 2.05) is 24.3 Å². The SMILES string of the molecule is CC1(COc2cccc(/C(=C\C=C\C(=O)Nc3cccc4c3CC(O)C(=O)N4)c3ccc(C(F)(F)F)cc3)c2)CC1. The maximum absolute atomic E-state index is 13.2. The third-order valence-electron chi connectivity index (χ3n) is 7.26. The fourth-order valence-corrected chi connectivity index (χ4v) is 4.52. The minimum absolute atomic E-state index is 0.0663. The Hall–Kier alpha value is -4.37. The molecule has 2 aliphatic rings. The van der Waals surface area contributed by atoms with Crippen LogP contribution in [0.15, 0.2) is 85.0 Å². The van der Waals surface area contributed by atoms with Crippen LogP contribution in [0.3, 0.4) is 0 Å². The second-order valence-corrected chi connectivity index (χ2v) is 10.7. The summed E-state index contributed by atoms with van der Waals surface area (Å²) in [6, 6.07) is 17.2. The second kappa shape index (κ2) is 11.2. The van der Waals surface area contributed by atoms with Crippen molar-refractivity contribution in [1.29, 1.82) is 0 Å². The first-order valence-corrected chi connectivity index (χ1v) is 13.2. The number of hydrogen-bond donors (Lipinski definition) is 3. The van der Waals surface area contributed by atoms with Crippen molar-refractivity contribution in [3.63, 3.8) is 0 Å². The molecule has 41 heavy (non-hydrogen) atoms. The van der Waals surface area contributed by atoms with Gasteiger partial charge in [-0.2, -0.15) is 13.2 Å². The molecule has 3 aromatic carbocycles. The molecule has 0 saturated heterocycles. The van der Waals surface area contributed by atoms with E-state index in [4.69, 9.17) is 4.74 Å². The molecule has 3 aromatic rings. The Morgan fingerprint density at radius 2 is 1.83 bits per heavy atom. The van der Waals surface area contributed by atoms with Gasteiger partial charge in [0, 0.05) is 34.9 Å². The molecule has 0 spiro atoms. The van der Waals surface area contributed by atoms with E-state index in [2.05, 4.69) is 17.6 Å². The van der Waals surface area contributed by atoms with E-state index >= 15 is 0 Å². The first kappa shape index (κ1) is 28.2. The third kappa shape index (κ3) is 6.86. The molecule has 1 saturated carbocycles. The minimum atomic E-state index is -4.46. The largest absolute Gasteiger partial charge is 0.493 e. The number of allylic oxidation sites excluding steroid dienone is 2. The number of hydrogen-bond acceptors (Lipinski definition) is 4. The van der Waals surface area contributed by atoms with Crippen molar-refractivity contribution >= 4 is 28.8 Å². The van der Waals surface area contributed by atoms with Gasteiger partial charge in [0.2, 0.25) is 5.91 Å². The van der Waals surface area contributed by atoms with Gasteiger partial charge in [-0.3, -0.25) is 9.59 Å². The molecule has 2 amide bonds. The molecule has 1 aliphatic heterocycles. The molecule has 9 heteroatoms. The highest BCUT2D eigenvalue weighted by atomic mass is 19.4. The summed E-state index contributed by atoms with van der Waals surface area (Å²) in [5.74, 6) is -0.307. The van der Waals surface area contributed by atoms with Crippen LogP contribution in [-0.2, 0) is 22.2 Å². The molecule has 0 bridgehead atoms. The number of aliphatic hydroxyl groups is 1. The molecule has 1 unspecified atom stereocenters. The van der Waals surface area contributed by atoms with Gasteiger partial charge in [0.25, 0.3) is 5.91 Å². The lowest BCUT2D eigenvalue weighted by molar-refractivity contribution is -0.137. The molecule has 1 fully saturated rings. The Morgan fingerprint density at radius 1 is 1.10 bits per heavy atom. The minimum Gasteiger partial charge on any atom is -0.493 e. The molecule has 0 aromatic heterocycles. The van der Waals surface area contributed by atoms with Gasteiger partial charge in [0.1, 0.15) is 11.9 Å². The Labute approximate surface area is 235 Å². The average molecular weight is 563 g/mol. The van der Waals surface area contributed by atoms with Crippen molar-refractivity contribution in [3.8, 4) is 5.75 Å². The number of amides is 2. The molecule has 0 radical (unpaired) electrons. The number of carbonyl (C=O) groups excluding carboxylic acids is 2. The topological polar surface area (TPSA) is 87.7 Å². The van der Waals surface area contributed by atoms with E-state index in [1.54, 1.807) is 24.3 Å². The highest BCUT2D eigenvalue weighted by molar-refractivity contribution is 6.03. The number of carbonyl (C=O) groups is 2. The van der Waals surface area contributed by atoms with Gasteiger partial charge < -0.3 is 20.5 Å². The van der Waals surface area contributed by atoms with Crippen LogP contribution in [0.1, 0.15) is 42.0 Å². The van der Waals surface area contributed by atoms with Gasteiger partial charge in [0.05, 0.1) is 12.2 Å². The molecule has 5 rings (SSSR count). The number of alkyl halides is 3. The quantitative estimate of drug-likeness (QED) is 0.220. The third-order valence-corrected chi connectivity index (χ3v) is 7.26. The van der Waals surface area contributed by atoms with Gasteiger partial charge in [-0.1, -0.05) is 49.4 Å². The van der Waals surface area contributed by atoms with Crippen molar-refractivity contribution in [3.05, 3.63) is 107 Å². The summed E-state index contributed by atoms with van der Waals surface area (Å²) in [6.45, 7) is 2.74.